The first-order valence-corrected chi connectivity index (χ1v) is 11.4. The molecule has 0 aromatic heterocycles. The molecule has 0 bridgehead atoms. The van der Waals surface area contributed by atoms with Gasteiger partial charge in [-0.3, -0.25) is 9.59 Å². The molecule has 2 aromatic rings. The van der Waals surface area contributed by atoms with Gasteiger partial charge in [-0.25, -0.2) is 4.39 Å². The first kappa shape index (κ1) is 25.4. The summed E-state index contributed by atoms with van der Waals surface area (Å²) in [4.78, 5) is 27.6. The number of rotatable bonds is 10. The van der Waals surface area contributed by atoms with Gasteiger partial charge in [0.05, 0.1) is 16.5 Å². The second kappa shape index (κ2) is 12.3. The van der Waals surface area contributed by atoms with Gasteiger partial charge >= 0.3 is 0 Å². The number of unbranched alkanes of at least 4 members (excludes halogenated alkanes) is 1. The average Bonchev–Trinajstić information content (AvgIpc) is 2.73. The van der Waals surface area contributed by atoms with Crippen LogP contribution in [0.3, 0.4) is 0 Å². The zero-order valence-corrected chi connectivity index (χ0v) is 19.8. The maximum absolute atomic E-state index is 14.3. The highest BCUT2D eigenvalue weighted by Crippen LogP contribution is 2.25. The van der Waals surface area contributed by atoms with Crippen LogP contribution < -0.4 is 5.32 Å². The summed E-state index contributed by atoms with van der Waals surface area (Å²) in [5.74, 6) is -1.21. The van der Waals surface area contributed by atoms with Crippen molar-refractivity contribution in [2.45, 2.75) is 52.1 Å². The van der Waals surface area contributed by atoms with E-state index in [1.54, 1.807) is 18.2 Å². The minimum Gasteiger partial charge on any atom is -0.354 e. The fourth-order valence-electron chi connectivity index (χ4n) is 3.21. The Balaban J connectivity index is 2.33. The van der Waals surface area contributed by atoms with E-state index in [2.05, 4.69) is 5.32 Å². The number of carbonyl (C=O) groups excluding carboxylic acids is 2. The molecule has 0 fully saturated rings. The van der Waals surface area contributed by atoms with Crippen LogP contribution in [0, 0.1) is 5.82 Å². The number of nitrogens with one attached hydrogen (secondary N) is 1. The molecule has 0 heterocycles. The summed E-state index contributed by atoms with van der Waals surface area (Å²) in [5.41, 5.74) is 0.816. The molecule has 31 heavy (non-hydrogen) atoms. The van der Waals surface area contributed by atoms with Gasteiger partial charge in [0.1, 0.15) is 11.9 Å². The Morgan fingerprint density at radius 3 is 2.42 bits per heavy atom. The first-order valence-electron chi connectivity index (χ1n) is 10.2. The van der Waals surface area contributed by atoms with Gasteiger partial charge in [0, 0.05) is 23.7 Å². The third-order valence-electron chi connectivity index (χ3n) is 4.94. The summed E-state index contributed by atoms with van der Waals surface area (Å²) >= 11 is 18.2. The quantitative estimate of drug-likeness (QED) is 0.415. The highest BCUT2D eigenvalue weighted by Gasteiger charge is 2.29. The van der Waals surface area contributed by atoms with Gasteiger partial charge in [0.25, 0.3) is 0 Å². The molecule has 0 aliphatic heterocycles. The molecule has 2 rings (SSSR count). The molecule has 2 aromatic carbocycles. The van der Waals surface area contributed by atoms with Gasteiger partial charge in [-0.1, -0.05) is 67.2 Å². The number of benzene rings is 2. The van der Waals surface area contributed by atoms with Gasteiger partial charge < -0.3 is 10.2 Å². The fraction of sp³-hybridized carbons (Fsp3) is 0.391. The number of amides is 2. The molecule has 2 amide bonds. The second-order valence-electron chi connectivity index (χ2n) is 7.22. The Morgan fingerprint density at radius 1 is 1.06 bits per heavy atom. The summed E-state index contributed by atoms with van der Waals surface area (Å²) < 4.78 is 14.3. The maximum Gasteiger partial charge on any atom is 0.242 e. The van der Waals surface area contributed by atoms with Crippen molar-refractivity contribution in [3.63, 3.8) is 0 Å². The van der Waals surface area contributed by atoms with Crippen molar-refractivity contribution in [2.24, 2.45) is 0 Å². The van der Waals surface area contributed by atoms with Crippen LogP contribution in [-0.2, 0) is 22.6 Å². The molecule has 4 nitrogen and oxygen atoms in total. The van der Waals surface area contributed by atoms with Crippen LogP contribution in [0.25, 0.3) is 0 Å². The van der Waals surface area contributed by atoms with Crippen LogP contribution in [0.15, 0.2) is 36.4 Å². The zero-order valence-electron chi connectivity index (χ0n) is 17.6. The van der Waals surface area contributed by atoms with Gasteiger partial charge in [-0.15, -0.1) is 0 Å². The monoisotopic (exact) mass is 486 g/mol. The smallest absolute Gasteiger partial charge is 0.242 e. The fourth-order valence-corrected chi connectivity index (χ4v) is 3.76. The Labute approximate surface area is 197 Å². The molecule has 168 valence electrons. The molecule has 0 spiro atoms. The van der Waals surface area contributed by atoms with Crippen LogP contribution in [0.2, 0.25) is 15.1 Å². The lowest BCUT2D eigenvalue weighted by Crippen LogP contribution is -2.49. The molecule has 8 heteroatoms. The molecular formula is C23H26Cl3FN2O2. The van der Waals surface area contributed by atoms with Gasteiger partial charge in [0.2, 0.25) is 11.8 Å². The van der Waals surface area contributed by atoms with Crippen molar-refractivity contribution >= 4 is 46.6 Å². The number of hydrogen-bond acceptors (Lipinski definition) is 2. The first-order chi connectivity index (χ1) is 14.8. The van der Waals surface area contributed by atoms with E-state index in [9.17, 15) is 14.0 Å². The van der Waals surface area contributed by atoms with Crippen molar-refractivity contribution in [3.05, 3.63) is 68.4 Å². The van der Waals surface area contributed by atoms with Gasteiger partial charge in [0.15, 0.2) is 0 Å². The molecule has 0 aliphatic carbocycles. The van der Waals surface area contributed by atoms with Gasteiger partial charge in [-0.2, -0.15) is 0 Å². The van der Waals surface area contributed by atoms with Crippen LogP contribution in [0.4, 0.5) is 4.39 Å². The minimum atomic E-state index is -0.718. The minimum absolute atomic E-state index is 0.106. The topological polar surface area (TPSA) is 49.4 Å². The van der Waals surface area contributed by atoms with E-state index in [0.717, 1.165) is 12.8 Å². The zero-order chi connectivity index (χ0) is 23.0. The molecule has 1 atom stereocenters. The van der Waals surface area contributed by atoms with E-state index < -0.39 is 17.8 Å². The highest BCUT2D eigenvalue weighted by molar-refractivity contribution is 6.42. The van der Waals surface area contributed by atoms with Crippen molar-refractivity contribution < 1.29 is 14.0 Å². The van der Waals surface area contributed by atoms with E-state index in [-0.39, 0.29) is 29.5 Å². The second-order valence-corrected chi connectivity index (χ2v) is 8.44. The average molecular weight is 488 g/mol. The van der Waals surface area contributed by atoms with Crippen LogP contribution >= 0.6 is 34.8 Å². The molecule has 0 saturated heterocycles. The van der Waals surface area contributed by atoms with E-state index in [4.69, 9.17) is 34.8 Å². The summed E-state index contributed by atoms with van der Waals surface area (Å²) in [6, 6.07) is 8.59. The van der Waals surface area contributed by atoms with Crippen LogP contribution in [0.5, 0.6) is 0 Å². The van der Waals surface area contributed by atoms with Crippen molar-refractivity contribution in [2.75, 3.05) is 6.54 Å². The normalized spacial score (nSPS) is 11.8. The van der Waals surface area contributed by atoms with E-state index in [1.165, 1.54) is 23.1 Å². The third-order valence-corrected chi connectivity index (χ3v) is 6.04. The lowest BCUT2D eigenvalue weighted by Gasteiger charge is -2.31. The highest BCUT2D eigenvalue weighted by atomic mass is 35.5. The SMILES string of the molecule is CCCCNC(=O)C(CC)N(Cc1ccc(Cl)c(Cl)c1)C(=O)Cc1c(F)cccc1Cl. The largest absolute Gasteiger partial charge is 0.354 e. The number of nitrogens with zero attached hydrogens (tertiary/aromatic N) is 1. The summed E-state index contributed by atoms with van der Waals surface area (Å²) in [6.07, 6.45) is 1.92. The van der Waals surface area contributed by atoms with E-state index in [0.29, 0.717) is 28.6 Å². The maximum atomic E-state index is 14.3. The molecule has 1 N–H and O–H groups in total. The van der Waals surface area contributed by atoms with Crippen molar-refractivity contribution in [3.8, 4) is 0 Å². The van der Waals surface area contributed by atoms with Crippen LogP contribution in [-0.4, -0.2) is 29.3 Å². The van der Waals surface area contributed by atoms with Crippen LogP contribution in [0.1, 0.15) is 44.2 Å². The third kappa shape index (κ3) is 7.09. The molecule has 0 aliphatic rings. The Bertz CT molecular complexity index is 903. The van der Waals surface area contributed by atoms with E-state index in [1.807, 2.05) is 13.8 Å². The number of halogens is 4. The molecule has 0 saturated carbocycles. The van der Waals surface area contributed by atoms with Crippen molar-refractivity contribution in [1.29, 1.82) is 0 Å². The number of carbonyl (C=O) groups is 2. The summed E-state index contributed by atoms with van der Waals surface area (Å²) in [7, 11) is 0. The molecular weight excluding hydrogens is 462 g/mol. The predicted octanol–water partition coefficient (Wildman–Crippen LogP) is 6.05. The molecule has 1 unspecified atom stereocenters. The Hall–Kier alpha value is -1.82. The molecule has 0 radical (unpaired) electrons. The summed E-state index contributed by atoms with van der Waals surface area (Å²) in [6.45, 7) is 4.51. The van der Waals surface area contributed by atoms with Crippen molar-refractivity contribution in [1.82, 2.24) is 10.2 Å². The Kier molecular flexibility index (Phi) is 10.1. The predicted molar refractivity (Wildman–Crippen MR) is 124 cm³/mol. The lowest BCUT2D eigenvalue weighted by atomic mass is 10.1. The van der Waals surface area contributed by atoms with E-state index >= 15 is 0 Å². The lowest BCUT2D eigenvalue weighted by molar-refractivity contribution is -0.141. The summed E-state index contributed by atoms with van der Waals surface area (Å²) in [5, 5.41) is 3.80. The standard InChI is InChI=1S/C23H26Cl3FN2O2/c1-3-5-11-28-23(31)21(4-2)29(14-15-9-10-18(25)19(26)12-15)22(30)13-16-17(24)7-6-8-20(16)27/h6-10,12,21H,3-5,11,13-14H2,1-2H3,(H,28,31). The van der Waals surface area contributed by atoms with Gasteiger partial charge in [-0.05, 0) is 42.7 Å². The number of hydrogen-bond donors (Lipinski definition) is 1. The Morgan fingerprint density at radius 2 is 1.81 bits per heavy atom.